The van der Waals surface area contributed by atoms with Crippen LogP contribution in [0.1, 0.15) is 25.1 Å². The lowest BCUT2D eigenvalue weighted by molar-refractivity contribution is 0.0657. The van der Waals surface area contributed by atoms with Gasteiger partial charge in [-0.05, 0) is 19.4 Å². The van der Waals surface area contributed by atoms with Gasteiger partial charge in [0, 0.05) is 18.0 Å². The Bertz CT molecular complexity index is 585. The van der Waals surface area contributed by atoms with Crippen molar-refractivity contribution in [3.63, 3.8) is 0 Å². The summed E-state index contributed by atoms with van der Waals surface area (Å²) in [4.78, 5) is 8.21. The highest BCUT2D eigenvalue weighted by Gasteiger charge is 2.07. The van der Waals surface area contributed by atoms with E-state index in [0.29, 0.717) is 18.0 Å². The Morgan fingerprint density at radius 2 is 1.84 bits per heavy atom. The lowest BCUT2D eigenvalue weighted by atomic mass is 10.1. The van der Waals surface area contributed by atoms with Crippen molar-refractivity contribution in [2.45, 2.75) is 26.6 Å². The van der Waals surface area contributed by atoms with Gasteiger partial charge in [0.1, 0.15) is 11.8 Å². The van der Waals surface area contributed by atoms with Crippen LogP contribution in [-0.2, 0) is 11.3 Å². The number of benzene rings is 1. The number of ether oxygens (including phenoxy) is 1. The van der Waals surface area contributed by atoms with Crippen molar-refractivity contribution in [3.8, 4) is 17.3 Å². The summed E-state index contributed by atoms with van der Waals surface area (Å²) in [5.41, 5.74) is 2.94. The van der Waals surface area contributed by atoms with E-state index in [2.05, 4.69) is 16.0 Å². The molecule has 0 amide bonds. The van der Waals surface area contributed by atoms with Gasteiger partial charge in [0.05, 0.1) is 12.7 Å². The van der Waals surface area contributed by atoms with E-state index < -0.39 is 0 Å². The lowest BCUT2D eigenvalue weighted by Crippen LogP contribution is -2.02. The Labute approximate surface area is 112 Å². The monoisotopic (exact) mass is 253 g/mol. The SMILES string of the molecule is CC(C)OCc1ccc(-c2nccnc2C#N)cc1. The van der Waals surface area contributed by atoms with Crippen LogP contribution in [0.3, 0.4) is 0 Å². The van der Waals surface area contributed by atoms with Crippen molar-refractivity contribution in [2.24, 2.45) is 0 Å². The maximum Gasteiger partial charge on any atom is 0.166 e. The van der Waals surface area contributed by atoms with E-state index >= 15 is 0 Å². The van der Waals surface area contributed by atoms with Crippen LogP contribution in [-0.4, -0.2) is 16.1 Å². The standard InChI is InChI=1S/C15H15N3O/c1-11(2)19-10-12-3-5-13(6-4-12)15-14(9-16)17-7-8-18-15/h3-8,11H,10H2,1-2H3. The van der Waals surface area contributed by atoms with Gasteiger partial charge in [0.25, 0.3) is 0 Å². The first-order chi connectivity index (χ1) is 9.20. The van der Waals surface area contributed by atoms with Gasteiger partial charge in [-0.15, -0.1) is 0 Å². The number of hydrogen-bond donors (Lipinski definition) is 0. The molecule has 1 heterocycles. The number of nitriles is 1. The zero-order valence-corrected chi connectivity index (χ0v) is 11.0. The third kappa shape index (κ3) is 3.36. The van der Waals surface area contributed by atoms with Gasteiger partial charge in [-0.25, -0.2) is 4.98 Å². The first-order valence-electron chi connectivity index (χ1n) is 6.12. The molecule has 1 aromatic heterocycles. The molecule has 0 unspecified atom stereocenters. The van der Waals surface area contributed by atoms with E-state index in [-0.39, 0.29) is 6.10 Å². The fraction of sp³-hybridized carbons (Fsp3) is 0.267. The second-order valence-corrected chi connectivity index (χ2v) is 4.42. The van der Waals surface area contributed by atoms with E-state index in [1.165, 1.54) is 6.20 Å². The molecule has 4 nitrogen and oxygen atoms in total. The van der Waals surface area contributed by atoms with E-state index in [9.17, 15) is 0 Å². The molecule has 1 aromatic carbocycles. The fourth-order valence-corrected chi connectivity index (χ4v) is 1.65. The minimum absolute atomic E-state index is 0.213. The summed E-state index contributed by atoms with van der Waals surface area (Å²) in [5, 5.41) is 9.01. The van der Waals surface area contributed by atoms with Gasteiger partial charge < -0.3 is 4.74 Å². The molecular formula is C15H15N3O. The Hall–Kier alpha value is -2.25. The number of rotatable bonds is 4. The lowest BCUT2D eigenvalue weighted by Gasteiger charge is -2.08. The number of nitrogens with zero attached hydrogens (tertiary/aromatic N) is 3. The van der Waals surface area contributed by atoms with Gasteiger partial charge in [-0.3, -0.25) is 4.98 Å². The molecule has 2 aromatic rings. The molecule has 4 heteroatoms. The van der Waals surface area contributed by atoms with Gasteiger partial charge in [0.2, 0.25) is 0 Å². The molecule has 0 aliphatic heterocycles. The van der Waals surface area contributed by atoms with Crippen molar-refractivity contribution < 1.29 is 4.74 Å². The summed E-state index contributed by atoms with van der Waals surface area (Å²) in [6.07, 6.45) is 3.32. The second-order valence-electron chi connectivity index (χ2n) is 4.42. The maximum atomic E-state index is 9.01. The molecular weight excluding hydrogens is 238 g/mol. The topological polar surface area (TPSA) is 58.8 Å². The quantitative estimate of drug-likeness (QED) is 0.840. The van der Waals surface area contributed by atoms with E-state index in [1.807, 2.05) is 38.1 Å². The Morgan fingerprint density at radius 1 is 1.16 bits per heavy atom. The van der Waals surface area contributed by atoms with E-state index in [4.69, 9.17) is 10.00 Å². The summed E-state index contributed by atoms with van der Waals surface area (Å²) < 4.78 is 5.54. The minimum Gasteiger partial charge on any atom is -0.374 e. The summed E-state index contributed by atoms with van der Waals surface area (Å²) in [6, 6.07) is 9.88. The third-order valence-corrected chi connectivity index (χ3v) is 2.61. The molecule has 0 N–H and O–H groups in total. The molecule has 0 saturated carbocycles. The van der Waals surface area contributed by atoms with Crippen LogP contribution in [0.25, 0.3) is 11.3 Å². The largest absolute Gasteiger partial charge is 0.374 e. The minimum atomic E-state index is 0.213. The van der Waals surface area contributed by atoms with E-state index in [0.717, 1.165) is 11.1 Å². The summed E-state index contributed by atoms with van der Waals surface area (Å²) in [5.74, 6) is 0. The summed E-state index contributed by atoms with van der Waals surface area (Å²) >= 11 is 0. The molecule has 0 aliphatic carbocycles. The van der Waals surface area contributed by atoms with Crippen LogP contribution in [0.4, 0.5) is 0 Å². The van der Waals surface area contributed by atoms with Crippen molar-refractivity contribution in [2.75, 3.05) is 0 Å². The number of aromatic nitrogens is 2. The highest BCUT2D eigenvalue weighted by molar-refractivity contribution is 5.64. The predicted octanol–water partition coefficient (Wildman–Crippen LogP) is 2.94. The van der Waals surface area contributed by atoms with Crippen LogP contribution in [0.5, 0.6) is 0 Å². The highest BCUT2D eigenvalue weighted by Crippen LogP contribution is 2.20. The second kappa shape index (κ2) is 6.07. The van der Waals surface area contributed by atoms with Crippen LogP contribution in [0.2, 0.25) is 0 Å². The average Bonchev–Trinajstić information content (AvgIpc) is 2.45. The van der Waals surface area contributed by atoms with Crippen molar-refractivity contribution >= 4 is 0 Å². The van der Waals surface area contributed by atoms with Gasteiger partial charge in [0.15, 0.2) is 5.69 Å². The van der Waals surface area contributed by atoms with Crippen LogP contribution >= 0.6 is 0 Å². The maximum absolute atomic E-state index is 9.01. The van der Waals surface area contributed by atoms with Gasteiger partial charge >= 0.3 is 0 Å². The Morgan fingerprint density at radius 3 is 2.47 bits per heavy atom. The first-order valence-corrected chi connectivity index (χ1v) is 6.12. The summed E-state index contributed by atoms with van der Waals surface area (Å²) in [7, 11) is 0. The zero-order chi connectivity index (χ0) is 13.7. The van der Waals surface area contributed by atoms with Crippen molar-refractivity contribution in [1.29, 1.82) is 5.26 Å². The van der Waals surface area contributed by atoms with Gasteiger partial charge in [-0.1, -0.05) is 24.3 Å². The first kappa shape index (κ1) is 13.2. The predicted molar refractivity (Wildman–Crippen MR) is 72.1 cm³/mol. The fourth-order valence-electron chi connectivity index (χ4n) is 1.65. The molecule has 2 rings (SSSR count). The number of hydrogen-bond acceptors (Lipinski definition) is 4. The molecule has 0 saturated heterocycles. The molecule has 96 valence electrons. The molecule has 0 atom stereocenters. The van der Waals surface area contributed by atoms with Crippen molar-refractivity contribution in [1.82, 2.24) is 9.97 Å². The Kier molecular flexibility index (Phi) is 4.22. The molecule has 19 heavy (non-hydrogen) atoms. The highest BCUT2D eigenvalue weighted by atomic mass is 16.5. The van der Waals surface area contributed by atoms with Gasteiger partial charge in [-0.2, -0.15) is 5.26 Å². The zero-order valence-electron chi connectivity index (χ0n) is 11.0. The molecule has 0 aliphatic rings. The molecule has 0 spiro atoms. The van der Waals surface area contributed by atoms with Crippen molar-refractivity contribution in [3.05, 3.63) is 47.9 Å². The molecule has 0 radical (unpaired) electrons. The summed E-state index contributed by atoms with van der Waals surface area (Å²) in [6.45, 7) is 4.60. The molecule has 0 bridgehead atoms. The third-order valence-electron chi connectivity index (χ3n) is 2.61. The molecule has 0 fully saturated rings. The normalized spacial score (nSPS) is 10.4. The Balaban J connectivity index is 2.21. The van der Waals surface area contributed by atoms with Crippen LogP contribution in [0, 0.1) is 11.3 Å². The average molecular weight is 253 g/mol. The smallest absolute Gasteiger partial charge is 0.166 e. The van der Waals surface area contributed by atoms with Crippen LogP contribution in [0.15, 0.2) is 36.7 Å². The van der Waals surface area contributed by atoms with Crippen LogP contribution < -0.4 is 0 Å². The van der Waals surface area contributed by atoms with E-state index in [1.54, 1.807) is 6.20 Å².